The van der Waals surface area contributed by atoms with Crippen LogP contribution in [0.5, 0.6) is 0 Å². The summed E-state index contributed by atoms with van der Waals surface area (Å²) in [5, 5.41) is 3.20. The zero-order valence-corrected chi connectivity index (χ0v) is 15.5. The van der Waals surface area contributed by atoms with Crippen LogP contribution in [0.2, 0.25) is 0 Å². The highest BCUT2D eigenvalue weighted by Gasteiger charge is 2.32. The molecule has 11 heteroatoms. The molecule has 0 fully saturated rings. The molecule has 3 rings (SSSR count). The Labute approximate surface area is 157 Å². The standard InChI is InChI=1S/C16H13F3N4O2S2/c1-27(24,25)9-14-21-8-12(26-14)10-3-2-4-11(7-10)22-15-20-6-5-13(23-15)16(17,18)19/h2-8H,9H2,1H3,(H,20,22,23). The summed E-state index contributed by atoms with van der Waals surface area (Å²) in [6, 6.07) is 7.65. The van der Waals surface area contributed by atoms with Gasteiger partial charge in [-0.3, -0.25) is 0 Å². The number of nitrogens with zero attached hydrogens (tertiary/aromatic N) is 3. The normalized spacial score (nSPS) is 12.1. The summed E-state index contributed by atoms with van der Waals surface area (Å²) >= 11 is 1.24. The number of aromatic nitrogens is 3. The van der Waals surface area contributed by atoms with Gasteiger partial charge >= 0.3 is 6.18 Å². The van der Waals surface area contributed by atoms with Gasteiger partial charge in [0.25, 0.3) is 0 Å². The van der Waals surface area contributed by atoms with Gasteiger partial charge in [0.15, 0.2) is 9.84 Å². The summed E-state index contributed by atoms with van der Waals surface area (Å²) in [6.45, 7) is 0. The fourth-order valence-corrected chi connectivity index (χ4v) is 4.30. The lowest BCUT2D eigenvalue weighted by Crippen LogP contribution is -2.10. The van der Waals surface area contributed by atoms with Gasteiger partial charge < -0.3 is 5.32 Å². The highest BCUT2D eigenvalue weighted by atomic mass is 32.2. The van der Waals surface area contributed by atoms with E-state index >= 15 is 0 Å². The second-order valence-electron chi connectivity index (χ2n) is 5.66. The van der Waals surface area contributed by atoms with E-state index in [1.54, 1.807) is 30.5 Å². The molecule has 6 nitrogen and oxygen atoms in total. The van der Waals surface area contributed by atoms with E-state index in [9.17, 15) is 21.6 Å². The van der Waals surface area contributed by atoms with Gasteiger partial charge in [0.1, 0.15) is 16.5 Å². The number of halogens is 3. The average molecular weight is 414 g/mol. The first-order chi connectivity index (χ1) is 12.6. The predicted molar refractivity (Wildman–Crippen MR) is 96.4 cm³/mol. The summed E-state index contributed by atoms with van der Waals surface area (Å²) in [5.74, 6) is -0.322. The lowest BCUT2D eigenvalue weighted by molar-refractivity contribution is -0.141. The molecule has 0 bridgehead atoms. The van der Waals surface area contributed by atoms with Crippen LogP contribution in [0.1, 0.15) is 10.7 Å². The number of hydrogen-bond acceptors (Lipinski definition) is 7. The SMILES string of the molecule is CS(=O)(=O)Cc1ncc(-c2cccc(Nc3nccc(C(F)(F)F)n3)c2)s1. The van der Waals surface area contributed by atoms with Gasteiger partial charge in [-0.1, -0.05) is 12.1 Å². The van der Waals surface area contributed by atoms with Crippen molar-refractivity contribution in [2.24, 2.45) is 0 Å². The van der Waals surface area contributed by atoms with E-state index in [4.69, 9.17) is 0 Å². The minimum absolute atomic E-state index is 0.145. The average Bonchev–Trinajstić information content (AvgIpc) is 3.01. The molecule has 0 aliphatic heterocycles. The molecular formula is C16H13F3N4O2S2. The number of benzene rings is 1. The van der Waals surface area contributed by atoms with E-state index in [0.717, 1.165) is 29.0 Å². The van der Waals surface area contributed by atoms with Crippen LogP contribution in [0, 0.1) is 0 Å². The Morgan fingerprint density at radius 1 is 1.19 bits per heavy atom. The molecule has 142 valence electrons. The zero-order valence-electron chi connectivity index (χ0n) is 13.9. The highest BCUT2D eigenvalue weighted by molar-refractivity contribution is 7.90. The molecule has 27 heavy (non-hydrogen) atoms. The van der Waals surface area contributed by atoms with Crippen molar-refractivity contribution >= 4 is 32.8 Å². The lowest BCUT2D eigenvalue weighted by Gasteiger charge is -2.09. The highest BCUT2D eigenvalue weighted by Crippen LogP contribution is 2.30. The first-order valence-corrected chi connectivity index (χ1v) is 10.4. The van der Waals surface area contributed by atoms with Crippen molar-refractivity contribution in [2.45, 2.75) is 11.9 Å². The van der Waals surface area contributed by atoms with Crippen molar-refractivity contribution < 1.29 is 21.6 Å². The Kier molecular flexibility index (Phi) is 5.16. The van der Waals surface area contributed by atoms with E-state index in [1.165, 1.54) is 11.3 Å². The van der Waals surface area contributed by atoms with Crippen LogP contribution in [0.25, 0.3) is 10.4 Å². The van der Waals surface area contributed by atoms with Crippen LogP contribution in [0.4, 0.5) is 24.8 Å². The van der Waals surface area contributed by atoms with E-state index in [-0.39, 0.29) is 11.7 Å². The quantitative estimate of drug-likeness (QED) is 0.682. The van der Waals surface area contributed by atoms with Crippen LogP contribution < -0.4 is 5.32 Å². The molecular weight excluding hydrogens is 401 g/mol. The maximum absolute atomic E-state index is 12.7. The Hall–Kier alpha value is -2.53. The number of anilines is 2. The van der Waals surface area contributed by atoms with Crippen LogP contribution >= 0.6 is 11.3 Å². The minimum atomic E-state index is -4.56. The van der Waals surface area contributed by atoms with Crippen molar-refractivity contribution in [2.75, 3.05) is 11.6 Å². The van der Waals surface area contributed by atoms with Gasteiger partial charge in [-0.2, -0.15) is 13.2 Å². The second-order valence-corrected chi connectivity index (χ2v) is 8.91. The molecule has 2 aromatic heterocycles. The van der Waals surface area contributed by atoms with Gasteiger partial charge in [0.2, 0.25) is 5.95 Å². The van der Waals surface area contributed by atoms with Crippen LogP contribution in [-0.4, -0.2) is 29.6 Å². The van der Waals surface area contributed by atoms with E-state index in [2.05, 4.69) is 20.3 Å². The van der Waals surface area contributed by atoms with E-state index in [0.29, 0.717) is 10.7 Å². The van der Waals surface area contributed by atoms with Gasteiger partial charge in [0, 0.05) is 24.3 Å². The largest absolute Gasteiger partial charge is 0.433 e. The molecule has 0 spiro atoms. The fourth-order valence-electron chi connectivity index (χ4n) is 2.19. The van der Waals surface area contributed by atoms with Crippen molar-refractivity contribution in [3.8, 4) is 10.4 Å². The third-order valence-electron chi connectivity index (χ3n) is 3.29. The molecule has 0 atom stereocenters. The Morgan fingerprint density at radius 3 is 2.67 bits per heavy atom. The number of rotatable bonds is 5. The molecule has 0 aliphatic rings. The first kappa shape index (κ1) is 19.2. The third-order valence-corrected chi connectivity index (χ3v) is 5.32. The molecule has 1 aromatic carbocycles. The second kappa shape index (κ2) is 7.24. The van der Waals surface area contributed by atoms with Gasteiger partial charge in [-0.25, -0.2) is 23.4 Å². The van der Waals surface area contributed by atoms with Crippen LogP contribution in [0.3, 0.4) is 0 Å². The number of nitrogens with one attached hydrogen (secondary N) is 1. The van der Waals surface area contributed by atoms with E-state index < -0.39 is 21.7 Å². The third kappa shape index (κ3) is 5.23. The number of sulfone groups is 1. The van der Waals surface area contributed by atoms with Gasteiger partial charge in [0.05, 0.1) is 4.88 Å². The van der Waals surface area contributed by atoms with Crippen molar-refractivity contribution in [1.29, 1.82) is 0 Å². The molecule has 2 heterocycles. The fraction of sp³-hybridized carbons (Fsp3) is 0.188. The summed E-state index contributed by atoms with van der Waals surface area (Å²) in [7, 11) is -3.18. The van der Waals surface area contributed by atoms with Crippen molar-refractivity contribution in [3.63, 3.8) is 0 Å². The number of alkyl halides is 3. The zero-order chi connectivity index (χ0) is 19.7. The Balaban J connectivity index is 1.82. The summed E-state index contributed by atoms with van der Waals surface area (Å²) < 4.78 is 61.0. The topological polar surface area (TPSA) is 84.8 Å². The molecule has 0 radical (unpaired) electrons. The van der Waals surface area contributed by atoms with Gasteiger partial charge in [-0.15, -0.1) is 11.3 Å². The summed E-state index contributed by atoms with van der Waals surface area (Å²) in [4.78, 5) is 12.1. The Morgan fingerprint density at radius 2 is 1.96 bits per heavy atom. The minimum Gasteiger partial charge on any atom is -0.324 e. The smallest absolute Gasteiger partial charge is 0.324 e. The molecule has 0 aliphatic carbocycles. The molecule has 0 saturated carbocycles. The molecule has 1 N–H and O–H groups in total. The number of hydrogen-bond donors (Lipinski definition) is 1. The lowest BCUT2D eigenvalue weighted by atomic mass is 10.2. The number of thiazole rings is 1. The maximum atomic E-state index is 12.7. The van der Waals surface area contributed by atoms with Crippen molar-refractivity contribution in [1.82, 2.24) is 15.0 Å². The van der Waals surface area contributed by atoms with E-state index in [1.807, 2.05) is 0 Å². The Bertz CT molecular complexity index is 1070. The predicted octanol–water partition coefficient (Wildman–Crippen LogP) is 3.91. The molecule has 0 unspecified atom stereocenters. The monoisotopic (exact) mass is 414 g/mol. The maximum Gasteiger partial charge on any atom is 0.433 e. The van der Waals surface area contributed by atoms with Crippen LogP contribution in [-0.2, 0) is 21.8 Å². The first-order valence-electron chi connectivity index (χ1n) is 7.50. The summed E-state index contributed by atoms with van der Waals surface area (Å²) in [6.07, 6.45) is -0.832. The molecule has 0 amide bonds. The van der Waals surface area contributed by atoms with Crippen molar-refractivity contribution in [3.05, 3.63) is 53.4 Å². The molecule has 3 aromatic rings. The molecule has 0 saturated heterocycles. The van der Waals surface area contributed by atoms with Gasteiger partial charge in [-0.05, 0) is 23.8 Å². The van der Waals surface area contributed by atoms with Crippen LogP contribution in [0.15, 0.2) is 42.7 Å². The summed E-state index contributed by atoms with van der Waals surface area (Å²) in [5.41, 5.74) is 0.193.